The predicted octanol–water partition coefficient (Wildman–Crippen LogP) is 15.3. The molecule has 0 unspecified atom stereocenters. The first-order valence-corrected chi connectivity index (χ1v) is 27.5. The van der Waals surface area contributed by atoms with Crippen molar-refractivity contribution in [2.45, 2.75) is 0 Å². The van der Waals surface area contributed by atoms with Gasteiger partial charge in [0.1, 0.15) is 0 Å². The Morgan fingerprint density at radius 3 is 0.549 bits per heavy atom. The minimum absolute atomic E-state index is 0.369. The first-order valence-electron chi connectivity index (χ1n) is 27.5. The van der Waals surface area contributed by atoms with E-state index in [9.17, 15) is 26.3 Å². The van der Waals surface area contributed by atoms with Gasteiger partial charge < -0.3 is 19.9 Å². The van der Waals surface area contributed by atoms with E-state index in [1.54, 1.807) is 0 Å². The summed E-state index contributed by atoms with van der Waals surface area (Å²) in [6.07, 6.45) is 1.48. The van der Waals surface area contributed by atoms with Crippen molar-refractivity contribution >= 4 is 44.9 Å². The minimum Gasteiger partial charge on any atom is -0.354 e. The zero-order chi connectivity index (χ0) is 73.9. The summed E-state index contributed by atoms with van der Waals surface area (Å²) in [4.78, 5) is 16.2. The largest absolute Gasteiger partial charge is 0.354 e. The molecule has 10 aromatic rings. The molecular formula is C66H16F30N6. The average Bonchev–Trinajstić information content (AvgIpc) is 1.57. The number of aromatic nitrogens is 4. The van der Waals surface area contributed by atoms with Gasteiger partial charge in [-0.1, -0.05) is 0 Å². The van der Waals surface area contributed by atoms with Crippen molar-refractivity contribution in [3.8, 4) is 0 Å². The van der Waals surface area contributed by atoms with E-state index < -0.39 is 308 Å². The van der Waals surface area contributed by atoms with Crippen molar-refractivity contribution < 1.29 is 132 Å². The maximum atomic E-state index is 16.5. The summed E-state index contributed by atoms with van der Waals surface area (Å²) in [6, 6.07) is 3.28. The predicted molar refractivity (Wildman–Crippen MR) is 293 cm³/mol. The van der Waals surface area contributed by atoms with Crippen LogP contribution in [0.1, 0.15) is 56.2 Å². The van der Waals surface area contributed by atoms with Crippen LogP contribution in [0.4, 0.5) is 132 Å². The number of benzene rings is 6. The van der Waals surface area contributed by atoms with Crippen molar-refractivity contribution in [2.75, 3.05) is 0 Å². The molecule has 0 spiro atoms. The maximum absolute atomic E-state index is 16.5. The molecule has 36 heteroatoms. The van der Waals surface area contributed by atoms with Gasteiger partial charge in [0.2, 0.25) is 34.9 Å². The average molecular weight is 1460 g/mol. The van der Waals surface area contributed by atoms with Crippen LogP contribution in [0.2, 0.25) is 0 Å². The molecular weight excluding hydrogens is 1450 g/mol. The van der Waals surface area contributed by atoms with Crippen molar-refractivity contribution in [1.82, 2.24) is 19.9 Å². The van der Waals surface area contributed by atoms with Gasteiger partial charge in [-0.15, -0.1) is 0 Å². The molecule has 0 saturated heterocycles. The number of aromatic amines is 4. The molecule has 6 aromatic carbocycles. The molecule has 4 aromatic heterocycles. The summed E-state index contributed by atoms with van der Waals surface area (Å²) in [5.74, 6) is -85.7. The monoisotopic (exact) mass is 1460 g/mol. The molecule has 102 heavy (non-hydrogen) atoms. The second-order valence-corrected chi connectivity index (χ2v) is 21.5. The third-order valence-electron chi connectivity index (χ3n) is 16.0. The van der Waals surface area contributed by atoms with E-state index >= 15 is 105 Å². The summed E-state index contributed by atoms with van der Waals surface area (Å²) in [5.41, 5.74) is -32.8. The quantitative estimate of drug-likeness (QED) is 0.0726. The Bertz CT molecular complexity index is 5480. The molecule has 6 nitrogen and oxygen atoms in total. The zero-order valence-electron chi connectivity index (χ0n) is 48.2. The lowest BCUT2D eigenvalue weighted by atomic mass is 9.98. The van der Waals surface area contributed by atoms with Crippen LogP contribution in [0.15, 0.2) is 94.2 Å². The summed E-state index contributed by atoms with van der Waals surface area (Å²) >= 11 is 0. The van der Waals surface area contributed by atoms with Crippen LogP contribution in [0, 0.1) is 175 Å². The van der Waals surface area contributed by atoms with Gasteiger partial charge in [-0.2, -0.15) is 0 Å². The number of aliphatic imine (C=N–C) groups is 2. The normalized spacial score (nSPS) is 14.1. The Morgan fingerprint density at radius 1 is 0.167 bits per heavy atom. The van der Waals surface area contributed by atoms with Gasteiger partial charge in [0.15, 0.2) is 140 Å². The number of rotatable bonds is 6. The highest BCUT2D eigenvalue weighted by Crippen LogP contribution is 2.43. The number of hydrogen-bond acceptors (Lipinski definition) is 2. The van der Waals surface area contributed by atoms with E-state index in [2.05, 4.69) is 29.9 Å². The van der Waals surface area contributed by atoms with Crippen LogP contribution in [-0.4, -0.2) is 31.4 Å². The van der Waals surface area contributed by atoms with Gasteiger partial charge in [0.05, 0.1) is 56.2 Å². The molecule has 0 aliphatic carbocycles. The first-order chi connectivity index (χ1) is 48.1. The van der Waals surface area contributed by atoms with E-state index in [1.807, 2.05) is 0 Å². The van der Waals surface area contributed by atoms with Crippen molar-refractivity contribution in [2.24, 2.45) is 9.98 Å². The molecule has 12 bridgehead atoms. The van der Waals surface area contributed by atoms with Crippen LogP contribution >= 0.6 is 0 Å². The van der Waals surface area contributed by atoms with Gasteiger partial charge in [-0.3, -0.25) is 0 Å². The zero-order valence-corrected chi connectivity index (χ0v) is 48.2. The van der Waals surface area contributed by atoms with Crippen LogP contribution in [0.5, 0.6) is 0 Å². The second-order valence-electron chi connectivity index (χ2n) is 21.5. The van der Waals surface area contributed by atoms with Gasteiger partial charge in [-0.05, 0) is 72.8 Å². The summed E-state index contributed by atoms with van der Waals surface area (Å²) in [5, 5.41) is -4.97. The van der Waals surface area contributed by atoms with Gasteiger partial charge in [-0.25, -0.2) is 142 Å². The van der Waals surface area contributed by atoms with E-state index in [-0.39, 0.29) is 0 Å². The molecule has 4 N–H and O–H groups in total. The maximum Gasteiger partial charge on any atom is 0.200 e. The molecule has 3 aliphatic rings. The lowest BCUT2D eigenvalue weighted by Gasteiger charge is -2.15. The Hall–Kier alpha value is -11.9. The number of hydrogen-bond donors (Lipinski definition) is 4. The lowest BCUT2D eigenvalue weighted by molar-refractivity contribution is 0.376. The first kappa shape index (κ1) is 68.6. The van der Waals surface area contributed by atoms with Crippen LogP contribution in [-0.2, 0) is 0 Å². The van der Waals surface area contributed by atoms with Crippen molar-refractivity contribution in [3.63, 3.8) is 0 Å². The lowest BCUT2D eigenvalue weighted by Crippen LogP contribution is -2.23. The van der Waals surface area contributed by atoms with Gasteiger partial charge in [0.25, 0.3) is 0 Å². The van der Waals surface area contributed by atoms with Crippen molar-refractivity contribution in [1.29, 1.82) is 0 Å². The molecule has 0 radical (unpaired) electrons. The van der Waals surface area contributed by atoms with Crippen LogP contribution in [0.3, 0.4) is 0 Å². The number of fused-ring (bicyclic) bond motifs is 10. The second kappa shape index (κ2) is 24.5. The van der Waals surface area contributed by atoms with Crippen LogP contribution < -0.4 is 21.4 Å². The summed E-state index contributed by atoms with van der Waals surface area (Å²) in [7, 11) is 0. The molecule has 7 heterocycles. The van der Waals surface area contributed by atoms with Gasteiger partial charge >= 0.3 is 0 Å². The Kier molecular flexibility index (Phi) is 16.5. The molecule has 520 valence electrons. The fourth-order valence-electron chi connectivity index (χ4n) is 11.4. The SMILES string of the molecule is Fc1c(F)c(F)c(C2=C3C=CC(=N3)C(c3c(F)c(F)c(F)c(F)c3F)=c3ccc([nH]3)=C(c3c(F)c(F)c(F)c(F)c3F)c3ccc([nH]3)C(c3c(F)c(F)c(F)c(F)c3F)=c3ccc([nH]3)=C(c3c(F)c(F)c(F)c(F)c3F)C3=NC(=C(c4c(F)c(F)c(F)c(F)c4F)c4ccc2[nH]4)C=C3)c(F)c1F. The summed E-state index contributed by atoms with van der Waals surface area (Å²) in [6.45, 7) is 0. The molecule has 3 aliphatic heterocycles. The minimum atomic E-state index is -2.91. The number of nitrogens with one attached hydrogen (secondary N) is 4. The van der Waals surface area contributed by atoms with E-state index in [4.69, 9.17) is 0 Å². The topological polar surface area (TPSA) is 87.9 Å². The third-order valence-corrected chi connectivity index (χ3v) is 16.0. The van der Waals surface area contributed by atoms with E-state index in [1.165, 1.54) is 0 Å². The molecule has 0 amide bonds. The third kappa shape index (κ3) is 10.0. The number of allylic oxidation sites excluding steroid dienone is 4. The molecule has 0 atom stereocenters. The highest BCUT2D eigenvalue weighted by atomic mass is 19.2. The highest BCUT2D eigenvalue weighted by Gasteiger charge is 2.39. The highest BCUT2D eigenvalue weighted by molar-refractivity contribution is 6.31. The number of H-pyrrole nitrogens is 4. The molecule has 0 saturated carbocycles. The smallest absolute Gasteiger partial charge is 0.200 e. The fourth-order valence-corrected chi connectivity index (χ4v) is 11.4. The Balaban J connectivity index is 1.29. The number of halogens is 30. The van der Waals surface area contributed by atoms with E-state index in [0.29, 0.717) is 72.8 Å². The fraction of sp³-hybridized carbons (Fsp3) is 0. The molecule has 0 fully saturated rings. The Labute approximate surface area is 541 Å². The van der Waals surface area contributed by atoms with Crippen LogP contribution in [0.25, 0.3) is 33.4 Å². The molecule has 13 rings (SSSR count). The number of nitrogens with zero attached hydrogens (tertiary/aromatic N) is 2. The standard InChI is InChI=1S/C66H16F30N6/c67-37-31(38(68)50(80)61(91)49(37)79)25-13-1-2-14(97-13)26(32-39(69)51(81)62(92)52(82)40(32)70)16-5-6-18(99-16)28(34-43(73)55(85)64(94)56(86)44(34)74)20-9-10-22(101-20)30(36-47(77)59(89)66(96)60(90)48(36)78)24-12-11-23(102-24)29(35-45(75)57(87)65(95)58(88)46(35)76)21-8-7-19(100-21)27(17-4-3-15(25)98-17)33-41(71)53(83)63(93)54(84)42(33)72/h1-12,97-99,102H. The Morgan fingerprint density at radius 2 is 0.333 bits per heavy atom. The van der Waals surface area contributed by atoms with Crippen molar-refractivity contribution in [3.05, 3.63) is 336 Å². The summed E-state index contributed by atoms with van der Waals surface area (Å²) < 4.78 is 472. The van der Waals surface area contributed by atoms with Gasteiger partial charge in [0, 0.05) is 77.6 Å². The van der Waals surface area contributed by atoms with E-state index in [0.717, 1.165) is 0 Å².